The summed E-state index contributed by atoms with van der Waals surface area (Å²) in [6.45, 7) is 0. The van der Waals surface area contributed by atoms with Gasteiger partial charge in [-0.3, -0.25) is 0 Å². The van der Waals surface area contributed by atoms with Crippen molar-refractivity contribution in [3.05, 3.63) is 210 Å². The minimum Gasteiger partial charge on any atom is -0.309 e. The van der Waals surface area contributed by atoms with Crippen molar-refractivity contribution in [1.29, 1.82) is 0 Å². The van der Waals surface area contributed by atoms with Crippen molar-refractivity contribution in [3.63, 3.8) is 0 Å². The summed E-state index contributed by atoms with van der Waals surface area (Å²) in [5.41, 5.74) is 13.5. The van der Waals surface area contributed by atoms with Crippen molar-refractivity contribution in [1.82, 2.24) is 4.57 Å². The second-order valence-corrected chi connectivity index (χ2v) is 15.8. The summed E-state index contributed by atoms with van der Waals surface area (Å²) in [4.78, 5) is 5.25. The summed E-state index contributed by atoms with van der Waals surface area (Å²) in [6, 6.07) is 69.7. The van der Waals surface area contributed by atoms with Crippen molar-refractivity contribution < 1.29 is 0 Å². The Morgan fingerprint density at radius 1 is 0.327 bits per heavy atom. The van der Waals surface area contributed by atoms with Crippen LogP contribution in [0.1, 0.15) is 22.3 Å². The fraction of sp³-hybridized carbons (Fsp3) is 0.0204. The highest BCUT2D eigenvalue weighted by Crippen LogP contribution is 2.62. The Hall–Kier alpha value is -5.74. The molecular weight excluding hydrogens is 667 g/mol. The lowest BCUT2D eigenvalue weighted by atomic mass is 9.64. The zero-order valence-corrected chi connectivity index (χ0v) is 29.8. The quantitative estimate of drug-likeness (QED) is 0.181. The van der Waals surface area contributed by atoms with Crippen molar-refractivity contribution in [2.75, 3.05) is 0 Å². The molecule has 11 rings (SSSR count). The second kappa shape index (κ2) is 11.6. The van der Waals surface area contributed by atoms with Crippen molar-refractivity contribution >= 4 is 45.3 Å². The van der Waals surface area contributed by atoms with E-state index in [1.807, 2.05) is 23.5 Å². The van der Waals surface area contributed by atoms with Crippen LogP contribution in [0.5, 0.6) is 0 Å². The van der Waals surface area contributed by atoms with Crippen LogP contribution in [-0.4, -0.2) is 4.57 Å². The first-order chi connectivity index (χ1) is 25.8. The predicted molar refractivity (Wildman–Crippen MR) is 218 cm³/mol. The molecule has 0 saturated heterocycles. The third kappa shape index (κ3) is 4.33. The smallest absolute Gasteiger partial charge is 0.0745 e. The molecule has 0 saturated carbocycles. The maximum atomic E-state index is 2.45. The fourth-order valence-electron chi connectivity index (χ4n) is 8.67. The number of hydrogen-bond donors (Lipinski definition) is 0. The predicted octanol–water partition coefficient (Wildman–Crippen LogP) is 13.4. The Kier molecular flexibility index (Phi) is 6.70. The van der Waals surface area contributed by atoms with Gasteiger partial charge in [-0.1, -0.05) is 163 Å². The molecule has 8 aromatic carbocycles. The maximum Gasteiger partial charge on any atom is 0.0745 e. The first-order valence-corrected chi connectivity index (χ1v) is 19.4. The van der Waals surface area contributed by atoms with Gasteiger partial charge in [-0.25, -0.2) is 0 Å². The molecule has 1 spiro atoms. The fourth-order valence-corrected chi connectivity index (χ4v) is 11.1. The number of benzene rings is 8. The molecule has 0 amide bonds. The zero-order valence-electron chi connectivity index (χ0n) is 28.2. The summed E-state index contributed by atoms with van der Waals surface area (Å²) in [6.07, 6.45) is 0. The largest absolute Gasteiger partial charge is 0.309 e. The van der Waals surface area contributed by atoms with Crippen LogP contribution in [0.2, 0.25) is 0 Å². The molecule has 9 aromatic rings. The SMILES string of the molecule is c1ccc(-c2ccc3c(c2)Sc2cc(-c4ccc5c6ccccc6n(-c6ccccc6)c5c4)ccc2C32c3ccccc3Sc3ccccc32)cc1. The average molecular weight is 698 g/mol. The summed E-state index contributed by atoms with van der Waals surface area (Å²) >= 11 is 3.81. The van der Waals surface area contributed by atoms with E-state index in [4.69, 9.17) is 0 Å². The van der Waals surface area contributed by atoms with Gasteiger partial charge in [0.1, 0.15) is 0 Å². The minimum absolute atomic E-state index is 0.439. The summed E-state index contributed by atoms with van der Waals surface area (Å²) in [5, 5.41) is 2.54. The molecule has 2 aliphatic heterocycles. The molecular formula is C49H31NS2. The Morgan fingerprint density at radius 3 is 1.50 bits per heavy atom. The molecule has 3 heterocycles. The Balaban J connectivity index is 1.16. The maximum absolute atomic E-state index is 2.45. The lowest BCUT2D eigenvalue weighted by molar-refractivity contribution is 0.667. The lowest BCUT2D eigenvalue weighted by Gasteiger charge is -2.45. The molecule has 0 bridgehead atoms. The highest BCUT2D eigenvalue weighted by atomic mass is 32.2. The molecule has 0 atom stereocenters. The summed E-state index contributed by atoms with van der Waals surface area (Å²) in [7, 11) is 0. The van der Waals surface area contributed by atoms with Crippen LogP contribution in [0.25, 0.3) is 49.7 Å². The molecule has 244 valence electrons. The van der Waals surface area contributed by atoms with Crippen molar-refractivity contribution in [2.45, 2.75) is 25.0 Å². The molecule has 0 unspecified atom stereocenters. The first-order valence-electron chi connectivity index (χ1n) is 17.8. The van der Waals surface area contributed by atoms with Gasteiger partial charge in [-0.15, -0.1) is 0 Å². The molecule has 0 N–H and O–H groups in total. The van der Waals surface area contributed by atoms with Crippen LogP contribution in [-0.2, 0) is 5.41 Å². The number of rotatable bonds is 3. The van der Waals surface area contributed by atoms with Gasteiger partial charge in [0.2, 0.25) is 0 Å². The summed E-state index contributed by atoms with van der Waals surface area (Å²) in [5.74, 6) is 0. The van der Waals surface area contributed by atoms with Gasteiger partial charge in [-0.05, 0) is 93.0 Å². The second-order valence-electron chi connectivity index (χ2n) is 13.7. The van der Waals surface area contributed by atoms with Gasteiger partial charge in [0.25, 0.3) is 0 Å². The van der Waals surface area contributed by atoms with Crippen LogP contribution in [0.15, 0.2) is 208 Å². The molecule has 1 nitrogen and oxygen atoms in total. The Labute approximate surface area is 311 Å². The highest BCUT2D eigenvalue weighted by molar-refractivity contribution is 8.00. The Morgan fingerprint density at radius 2 is 0.808 bits per heavy atom. The van der Waals surface area contributed by atoms with Crippen LogP contribution in [0, 0.1) is 0 Å². The van der Waals surface area contributed by atoms with Gasteiger partial charge in [-0.2, -0.15) is 0 Å². The van der Waals surface area contributed by atoms with E-state index in [-0.39, 0.29) is 0 Å². The van der Waals surface area contributed by atoms with Crippen LogP contribution < -0.4 is 0 Å². The molecule has 1 aromatic heterocycles. The first kappa shape index (κ1) is 29.9. The van der Waals surface area contributed by atoms with E-state index in [1.54, 1.807) is 0 Å². The lowest BCUT2D eigenvalue weighted by Crippen LogP contribution is -2.36. The van der Waals surface area contributed by atoms with E-state index in [0.717, 1.165) is 0 Å². The van der Waals surface area contributed by atoms with Gasteiger partial charge in [0.05, 0.1) is 16.4 Å². The zero-order chi connectivity index (χ0) is 34.2. The topological polar surface area (TPSA) is 4.93 Å². The summed E-state index contributed by atoms with van der Waals surface area (Å²) < 4.78 is 2.41. The molecule has 52 heavy (non-hydrogen) atoms. The van der Waals surface area contributed by atoms with Gasteiger partial charge >= 0.3 is 0 Å². The monoisotopic (exact) mass is 697 g/mol. The van der Waals surface area contributed by atoms with Crippen molar-refractivity contribution in [3.8, 4) is 27.9 Å². The van der Waals surface area contributed by atoms with Gasteiger partial charge < -0.3 is 4.57 Å². The van der Waals surface area contributed by atoms with E-state index in [1.165, 1.54) is 91.6 Å². The molecule has 0 fully saturated rings. The molecule has 0 radical (unpaired) electrons. The van der Waals surface area contributed by atoms with E-state index < -0.39 is 5.41 Å². The van der Waals surface area contributed by atoms with Gasteiger partial charge in [0.15, 0.2) is 0 Å². The number of nitrogens with zero attached hydrogens (tertiary/aromatic N) is 1. The van der Waals surface area contributed by atoms with E-state index >= 15 is 0 Å². The van der Waals surface area contributed by atoms with E-state index in [0.29, 0.717) is 0 Å². The third-order valence-corrected chi connectivity index (χ3v) is 13.2. The highest BCUT2D eigenvalue weighted by Gasteiger charge is 2.48. The molecule has 2 aliphatic rings. The number of hydrogen-bond acceptors (Lipinski definition) is 2. The van der Waals surface area contributed by atoms with Crippen LogP contribution >= 0.6 is 23.5 Å². The number of para-hydroxylation sites is 2. The molecule has 0 aliphatic carbocycles. The van der Waals surface area contributed by atoms with Crippen LogP contribution in [0.4, 0.5) is 0 Å². The third-order valence-electron chi connectivity index (χ3n) is 10.9. The van der Waals surface area contributed by atoms with E-state index in [2.05, 4.69) is 193 Å². The average Bonchev–Trinajstić information content (AvgIpc) is 3.54. The minimum atomic E-state index is -0.439. The van der Waals surface area contributed by atoms with E-state index in [9.17, 15) is 0 Å². The van der Waals surface area contributed by atoms with Crippen molar-refractivity contribution in [2.24, 2.45) is 0 Å². The standard InChI is InChI=1S/C49H31NS2/c1-3-13-32(14-4-1)34-24-27-41-47(30-34)52-48-31-35(25-28-42(48)49(41)39-18-8-11-21-45(39)51-46-22-12-9-19-40(46)49)33-23-26-38-37-17-7-10-20-43(37)50(44(38)29-33)36-15-5-2-6-16-36/h1-31H. The number of fused-ring (bicyclic) bond motifs is 11. The number of aromatic nitrogens is 1. The Bertz CT molecular complexity index is 2810. The normalized spacial score (nSPS) is 13.8. The molecule has 3 heteroatoms. The van der Waals surface area contributed by atoms with Crippen LogP contribution in [0.3, 0.4) is 0 Å². The van der Waals surface area contributed by atoms with Gasteiger partial charge in [0, 0.05) is 36.0 Å².